The lowest BCUT2D eigenvalue weighted by atomic mass is 9.87. The van der Waals surface area contributed by atoms with Crippen LogP contribution in [0.2, 0.25) is 0 Å². The van der Waals surface area contributed by atoms with Crippen molar-refractivity contribution in [1.29, 1.82) is 0 Å². The Bertz CT molecular complexity index is 224. The molecule has 3 rings (SSSR count). The van der Waals surface area contributed by atoms with E-state index in [0.717, 1.165) is 13.1 Å². The lowest BCUT2D eigenvalue weighted by molar-refractivity contribution is -0.152. The molecule has 0 amide bonds. The van der Waals surface area contributed by atoms with Crippen molar-refractivity contribution in [2.45, 2.75) is 37.9 Å². The van der Waals surface area contributed by atoms with Crippen LogP contribution >= 0.6 is 0 Å². The lowest BCUT2D eigenvalue weighted by Gasteiger charge is -2.52. The van der Waals surface area contributed by atoms with Crippen molar-refractivity contribution in [2.24, 2.45) is 0 Å². The normalized spacial score (nSPS) is 34.0. The summed E-state index contributed by atoms with van der Waals surface area (Å²) in [5.41, 5.74) is -0.709. The Morgan fingerprint density at radius 1 is 1.46 bits per heavy atom. The Morgan fingerprint density at radius 2 is 1.92 bits per heavy atom. The summed E-state index contributed by atoms with van der Waals surface area (Å²) in [4.78, 5) is 13.0. The SMILES string of the molecule is CC(C)(C(=O)O)N1CC2CC(C1)N2. The number of fused-ring (bicyclic) bond motifs is 2. The second kappa shape index (κ2) is 2.69. The van der Waals surface area contributed by atoms with E-state index in [2.05, 4.69) is 10.2 Å². The van der Waals surface area contributed by atoms with Gasteiger partial charge in [-0.1, -0.05) is 0 Å². The van der Waals surface area contributed by atoms with Crippen LogP contribution in [-0.4, -0.2) is 46.7 Å². The van der Waals surface area contributed by atoms with Crippen LogP contribution < -0.4 is 5.32 Å². The van der Waals surface area contributed by atoms with Crippen LogP contribution in [0.25, 0.3) is 0 Å². The van der Waals surface area contributed by atoms with E-state index in [1.165, 1.54) is 6.42 Å². The van der Waals surface area contributed by atoms with Gasteiger partial charge < -0.3 is 10.4 Å². The monoisotopic (exact) mass is 184 g/mol. The minimum Gasteiger partial charge on any atom is -0.480 e. The number of hydrogen-bond donors (Lipinski definition) is 2. The van der Waals surface area contributed by atoms with Gasteiger partial charge in [0.25, 0.3) is 0 Å². The molecule has 3 fully saturated rings. The topological polar surface area (TPSA) is 52.6 Å². The van der Waals surface area contributed by atoms with Crippen molar-refractivity contribution in [3.63, 3.8) is 0 Å². The molecule has 2 N–H and O–H groups in total. The highest BCUT2D eigenvalue weighted by molar-refractivity contribution is 5.77. The molecule has 2 atom stereocenters. The van der Waals surface area contributed by atoms with Gasteiger partial charge in [0.15, 0.2) is 0 Å². The fourth-order valence-electron chi connectivity index (χ4n) is 2.11. The number of rotatable bonds is 2. The van der Waals surface area contributed by atoms with Crippen molar-refractivity contribution in [3.05, 3.63) is 0 Å². The van der Waals surface area contributed by atoms with Crippen LogP contribution in [0.5, 0.6) is 0 Å². The molecule has 0 saturated carbocycles. The Morgan fingerprint density at radius 3 is 2.31 bits per heavy atom. The summed E-state index contributed by atoms with van der Waals surface area (Å²) in [6, 6.07) is 1.05. The highest BCUT2D eigenvalue weighted by Gasteiger charge is 2.44. The summed E-state index contributed by atoms with van der Waals surface area (Å²) < 4.78 is 0. The zero-order chi connectivity index (χ0) is 9.64. The second-order valence-corrected chi connectivity index (χ2v) is 4.57. The largest absolute Gasteiger partial charge is 0.480 e. The third kappa shape index (κ3) is 1.34. The maximum absolute atomic E-state index is 11.0. The van der Waals surface area contributed by atoms with Gasteiger partial charge in [-0.2, -0.15) is 0 Å². The zero-order valence-electron chi connectivity index (χ0n) is 8.08. The van der Waals surface area contributed by atoms with Gasteiger partial charge in [-0.3, -0.25) is 9.69 Å². The molecule has 0 aromatic rings. The third-order valence-corrected chi connectivity index (χ3v) is 3.24. The Hall–Kier alpha value is -0.610. The fourth-order valence-corrected chi connectivity index (χ4v) is 2.11. The first-order valence-corrected chi connectivity index (χ1v) is 4.74. The molecule has 3 heterocycles. The van der Waals surface area contributed by atoms with Crippen LogP contribution in [0.15, 0.2) is 0 Å². The standard InChI is InChI=1S/C9H16N2O2/c1-9(2,8(12)13)11-4-6-3-7(5-11)10-6/h6-7,10H,3-5H2,1-2H3,(H,12,13). The van der Waals surface area contributed by atoms with E-state index in [4.69, 9.17) is 5.11 Å². The van der Waals surface area contributed by atoms with E-state index in [-0.39, 0.29) is 0 Å². The van der Waals surface area contributed by atoms with E-state index in [0.29, 0.717) is 12.1 Å². The lowest BCUT2D eigenvalue weighted by Crippen LogP contribution is -2.71. The molecule has 3 saturated heterocycles. The summed E-state index contributed by atoms with van der Waals surface area (Å²) in [6.45, 7) is 5.30. The third-order valence-electron chi connectivity index (χ3n) is 3.24. The number of piperazine rings is 1. The van der Waals surface area contributed by atoms with Gasteiger partial charge in [0.2, 0.25) is 0 Å². The molecule has 0 aliphatic carbocycles. The summed E-state index contributed by atoms with van der Waals surface area (Å²) in [5.74, 6) is -0.728. The summed E-state index contributed by atoms with van der Waals surface area (Å²) in [5, 5.41) is 12.4. The minimum absolute atomic E-state index is 0.525. The number of nitrogens with one attached hydrogen (secondary N) is 1. The predicted octanol–water partition coefficient (Wildman–Crippen LogP) is -0.104. The van der Waals surface area contributed by atoms with E-state index < -0.39 is 11.5 Å². The van der Waals surface area contributed by atoms with E-state index in [1.807, 2.05) is 0 Å². The van der Waals surface area contributed by atoms with Crippen molar-refractivity contribution < 1.29 is 9.90 Å². The first kappa shape index (κ1) is 8.97. The number of aliphatic carboxylic acids is 1. The average Bonchev–Trinajstić information content (AvgIpc) is 2.03. The maximum Gasteiger partial charge on any atom is 0.323 e. The van der Waals surface area contributed by atoms with Crippen molar-refractivity contribution in [2.75, 3.05) is 13.1 Å². The molecule has 13 heavy (non-hydrogen) atoms. The van der Waals surface area contributed by atoms with Crippen LogP contribution in [-0.2, 0) is 4.79 Å². The second-order valence-electron chi connectivity index (χ2n) is 4.57. The molecule has 3 aliphatic rings. The maximum atomic E-state index is 11.0. The Balaban J connectivity index is 2.04. The van der Waals surface area contributed by atoms with Gasteiger partial charge >= 0.3 is 5.97 Å². The first-order valence-electron chi connectivity index (χ1n) is 4.74. The summed E-state index contributed by atoms with van der Waals surface area (Å²) in [7, 11) is 0. The van der Waals surface area contributed by atoms with E-state index >= 15 is 0 Å². The zero-order valence-corrected chi connectivity index (χ0v) is 8.08. The quantitative estimate of drug-likeness (QED) is 0.629. The van der Waals surface area contributed by atoms with E-state index in [9.17, 15) is 4.79 Å². The van der Waals surface area contributed by atoms with Crippen molar-refractivity contribution >= 4 is 5.97 Å². The number of carboxylic acid groups (broad SMARTS) is 1. The Labute approximate surface area is 77.9 Å². The Kier molecular flexibility index (Phi) is 1.85. The molecule has 4 heteroatoms. The van der Waals surface area contributed by atoms with Crippen LogP contribution in [0.4, 0.5) is 0 Å². The van der Waals surface area contributed by atoms with Gasteiger partial charge in [-0.15, -0.1) is 0 Å². The number of hydrogen-bond acceptors (Lipinski definition) is 3. The van der Waals surface area contributed by atoms with Crippen molar-refractivity contribution in [1.82, 2.24) is 10.2 Å². The minimum atomic E-state index is -0.728. The van der Waals surface area contributed by atoms with Gasteiger partial charge in [-0.05, 0) is 20.3 Å². The van der Waals surface area contributed by atoms with Gasteiger partial charge in [0.1, 0.15) is 5.54 Å². The number of carbonyl (C=O) groups is 1. The number of carboxylic acids is 1. The van der Waals surface area contributed by atoms with Gasteiger partial charge in [-0.25, -0.2) is 0 Å². The molecule has 0 aromatic carbocycles. The molecule has 2 bridgehead atoms. The van der Waals surface area contributed by atoms with Crippen LogP contribution in [0.3, 0.4) is 0 Å². The van der Waals surface area contributed by atoms with E-state index in [1.54, 1.807) is 13.8 Å². The highest BCUT2D eigenvalue weighted by atomic mass is 16.4. The van der Waals surface area contributed by atoms with Crippen molar-refractivity contribution in [3.8, 4) is 0 Å². The number of piperidine rings is 1. The average molecular weight is 184 g/mol. The smallest absolute Gasteiger partial charge is 0.323 e. The highest BCUT2D eigenvalue weighted by Crippen LogP contribution is 2.26. The molecule has 3 aliphatic heterocycles. The fraction of sp³-hybridized carbons (Fsp3) is 0.889. The van der Waals surface area contributed by atoms with Crippen LogP contribution in [0.1, 0.15) is 20.3 Å². The molecular weight excluding hydrogens is 168 g/mol. The molecular formula is C9H16N2O2. The summed E-state index contributed by atoms with van der Waals surface area (Å²) in [6.07, 6.45) is 1.21. The first-order chi connectivity index (χ1) is 6.00. The molecule has 74 valence electrons. The predicted molar refractivity (Wildman–Crippen MR) is 48.6 cm³/mol. The van der Waals surface area contributed by atoms with Gasteiger partial charge in [0, 0.05) is 25.2 Å². The summed E-state index contributed by atoms with van der Waals surface area (Å²) >= 11 is 0. The van der Waals surface area contributed by atoms with Gasteiger partial charge in [0.05, 0.1) is 0 Å². The van der Waals surface area contributed by atoms with Crippen LogP contribution in [0, 0.1) is 0 Å². The molecule has 0 spiro atoms. The molecule has 2 unspecified atom stereocenters. The number of nitrogens with zero attached hydrogens (tertiary/aromatic N) is 1. The molecule has 0 aromatic heterocycles. The molecule has 4 nitrogen and oxygen atoms in total. The molecule has 0 radical (unpaired) electrons.